The van der Waals surface area contributed by atoms with Gasteiger partial charge in [-0.15, -0.1) is 0 Å². The van der Waals surface area contributed by atoms with Crippen LogP contribution >= 0.6 is 0 Å². The van der Waals surface area contributed by atoms with Crippen molar-refractivity contribution in [3.63, 3.8) is 0 Å². The molecule has 4 aromatic rings. The summed E-state index contributed by atoms with van der Waals surface area (Å²) in [6, 6.07) is 14.1. The number of carboxylic acid groups (broad SMARTS) is 1. The Kier molecular flexibility index (Phi) is 4.37. The number of nitrogens with zero attached hydrogens (tertiary/aromatic N) is 3. The number of rotatable bonds is 4. The summed E-state index contributed by atoms with van der Waals surface area (Å²) in [7, 11) is 0. The quantitative estimate of drug-likeness (QED) is 0.392. The Morgan fingerprint density at radius 1 is 1.22 bits per heavy atom. The SMILES string of the molecule is N#C[C@@H]1C[C@H]1C(=O)Nc1cc2cc(-n3c(=O)[nH]c4ccccc43)cc(NC(=O)O)c2cn1. The molecule has 5 rings (SSSR count). The standard InChI is InChI=1S/C22H16N6O4/c23-9-12-6-14(12)20(29)27-19-7-11-5-13(8-17(26-22(31)32)15(11)10-24-19)28-18-4-2-1-3-16(18)25-21(28)30/h1-5,7-8,10,12,14,26H,6H2,(H,25,30)(H,31,32)(H,24,27,29)/t12-,14+/m0/s1. The molecule has 2 aromatic heterocycles. The number of hydrogen-bond donors (Lipinski definition) is 4. The van der Waals surface area contributed by atoms with E-state index in [1.807, 2.05) is 0 Å². The van der Waals surface area contributed by atoms with Crippen LogP contribution in [-0.2, 0) is 4.79 Å². The first kappa shape index (κ1) is 19.3. The van der Waals surface area contributed by atoms with Gasteiger partial charge in [0.1, 0.15) is 5.82 Å². The number of benzene rings is 2. The molecular weight excluding hydrogens is 412 g/mol. The predicted molar refractivity (Wildman–Crippen MR) is 117 cm³/mol. The van der Waals surface area contributed by atoms with E-state index in [0.717, 1.165) is 0 Å². The lowest BCUT2D eigenvalue weighted by atomic mass is 10.1. The number of anilines is 2. The summed E-state index contributed by atoms with van der Waals surface area (Å²) < 4.78 is 1.45. The van der Waals surface area contributed by atoms with Gasteiger partial charge in [-0.25, -0.2) is 14.6 Å². The molecule has 1 fully saturated rings. The van der Waals surface area contributed by atoms with E-state index in [1.165, 1.54) is 10.8 Å². The van der Waals surface area contributed by atoms with Gasteiger partial charge >= 0.3 is 11.8 Å². The maximum absolute atomic E-state index is 12.6. The number of aromatic nitrogens is 3. The predicted octanol–water partition coefficient (Wildman–Crippen LogP) is 3.06. The number of hydrogen-bond acceptors (Lipinski definition) is 5. The summed E-state index contributed by atoms with van der Waals surface area (Å²) in [6.07, 6.45) is 0.714. The number of H-pyrrole nitrogens is 1. The summed E-state index contributed by atoms with van der Waals surface area (Å²) in [6.45, 7) is 0. The van der Waals surface area contributed by atoms with Gasteiger partial charge in [-0.05, 0) is 42.1 Å². The molecule has 2 aromatic carbocycles. The second kappa shape index (κ2) is 7.24. The van der Waals surface area contributed by atoms with Crippen molar-refractivity contribution in [3.8, 4) is 11.8 Å². The number of aromatic amines is 1. The highest BCUT2D eigenvalue weighted by Gasteiger charge is 2.43. The van der Waals surface area contributed by atoms with E-state index in [9.17, 15) is 19.5 Å². The van der Waals surface area contributed by atoms with Crippen molar-refractivity contribution in [1.82, 2.24) is 14.5 Å². The number of imidazole rings is 1. The van der Waals surface area contributed by atoms with Crippen LogP contribution in [0.5, 0.6) is 0 Å². The molecule has 0 spiro atoms. The highest BCUT2D eigenvalue weighted by Crippen LogP contribution is 2.38. The summed E-state index contributed by atoms with van der Waals surface area (Å²) >= 11 is 0. The molecule has 1 aliphatic rings. The van der Waals surface area contributed by atoms with Gasteiger partial charge in [0.25, 0.3) is 0 Å². The van der Waals surface area contributed by atoms with E-state index in [0.29, 0.717) is 33.9 Å². The van der Waals surface area contributed by atoms with Crippen molar-refractivity contribution in [2.24, 2.45) is 11.8 Å². The molecular formula is C22H16N6O4. The Morgan fingerprint density at radius 2 is 2.03 bits per heavy atom. The van der Waals surface area contributed by atoms with Crippen LogP contribution in [0.15, 0.2) is 53.5 Å². The number of nitrogens with one attached hydrogen (secondary N) is 3. The third-order valence-electron chi connectivity index (χ3n) is 5.46. The maximum Gasteiger partial charge on any atom is 0.409 e. The van der Waals surface area contributed by atoms with Crippen molar-refractivity contribution in [2.45, 2.75) is 6.42 Å². The molecule has 2 atom stereocenters. The van der Waals surface area contributed by atoms with Gasteiger partial charge < -0.3 is 15.4 Å². The molecule has 0 radical (unpaired) electrons. The van der Waals surface area contributed by atoms with Gasteiger partial charge in [-0.2, -0.15) is 5.26 Å². The normalized spacial score (nSPS) is 17.1. The van der Waals surface area contributed by atoms with Crippen molar-refractivity contribution in [3.05, 3.63) is 59.1 Å². The summed E-state index contributed by atoms with van der Waals surface area (Å²) in [5, 5.41) is 24.3. The average Bonchev–Trinajstić information content (AvgIpc) is 3.47. The monoisotopic (exact) mass is 428 g/mol. The van der Waals surface area contributed by atoms with Gasteiger partial charge in [-0.3, -0.25) is 14.7 Å². The lowest BCUT2D eigenvalue weighted by Gasteiger charge is -2.12. The van der Waals surface area contributed by atoms with Crippen LogP contribution in [0, 0.1) is 23.2 Å². The number of para-hydroxylation sites is 2. The average molecular weight is 428 g/mol. The van der Waals surface area contributed by atoms with Gasteiger partial charge in [0.2, 0.25) is 5.91 Å². The molecule has 10 heteroatoms. The Morgan fingerprint density at radius 3 is 2.78 bits per heavy atom. The second-order valence-electron chi connectivity index (χ2n) is 7.56. The number of pyridine rings is 1. The molecule has 1 saturated carbocycles. The van der Waals surface area contributed by atoms with Crippen LogP contribution in [0.3, 0.4) is 0 Å². The molecule has 2 amide bonds. The Bertz CT molecular complexity index is 1510. The van der Waals surface area contributed by atoms with E-state index >= 15 is 0 Å². The van der Waals surface area contributed by atoms with Crippen molar-refractivity contribution >= 4 is 45.3 Å². The van der Waals surface area contributed by atoms with E-state index < -0.39 is 6.09 Å². The molecule has 32 heavy (non-hydrogen) atoms. The van der Waals surface area contributed by atoms with Crippen LogP contribution in [0.2, 0.25) is 0 Å². The first-order valence-corrected chi connectivity index (χ1v) is 9.79. The molecule has 2 heterocycles. The van der Waals surface area contributed by atoms with E-state index in [1.54, 1.807) is 42.5 Å². The third-order valence-corrected chi connectivity index (χ3v) is 5.46. The Hall–Kier alpha value is -4.65. The zero-order valence-electron chi connectivity index (χ0n) is 16.5. The molecule has 1 aliphatic carbocycles. The number of amides is 2. The molecule has 10 nitrogen and oxygen atoms in total. The van der Waals surface area contributed by atoms with Crippen molar-refractivity contribution in [2.75, 3.05) is 10.6 Å². The minimum absolute atomic E-state index is 0.249. The van der Waals surface area contributed by atoms with E-state index in [2.05, 4.69) is 26.7 Å². The fourth-order valence-electron chi connectivity index (χ4n) is 3.82. The van der Waals surface area contributed by atoms with E-state index in [4.69, 9.17) is 5.26 Å². The molecule has 158 valence electrons. The summed E-state index contributed by atoms with van der Waals surface area (Å²) in [5.74, 6) is -0.632. The smallest absolute Gasteiger partial charge is 0.409 e. The molecule has 0 aliphatic heterocycles. The number of carbonyl (C=O) groups is 2. The van der Waals surface area contributed by atoms with Gasteiger partial charge in [0.05, 0.1) is 40.3 Å². The molecule has 0 bridgehead atoms. The first-order chi connectivity index (χ1) is 15.4. The lowest BCUT2D eigenvalue weighted by molar-refractivity contribution is -0.117. The zero-order valence-corrected chi connectivity index (χ0v) is 16.5. The minimum atomic E-state index is -1.26. The molecule has 0 unspecified atom stereocenters. The fraction of sp³-hybridized carbons (Fsp3) is 0.136. The maximum atomic E-state index is 12.6. The van der Waals surface area contributed by atoms with Crippen molar-refractivity contribution in [1.29, 1.82) is 5.26 Å². The van der Waals surface area contributed by atoms with Crippen LogP contribution < -0.4 is 16.3 Å². The van der Waals surface area contributed by atoms with Crippen LogP contribution in [0.4, 0.5) is 16.3 Å². The fourth-order valence-corrected chi connectivity index (χ4v) is 3.82. The largest absolute Gasteiger partial charge is 0.465 e. The molecule has 0 saturated heterocycles. The minimum Gasteiger partial charge on any atom is -0.465 e. The van der Waals surface area contributed by atoms with Gasteiger partial charge in [-0.1, -0.05) is 12.1 Å². The lowest BCUT2D eigenvalue weighted by Crippen LogP contribution is -2.16. The second-order valence-corrected chi connectivity index (χ2v) is 7.56. The van der Waals surface area contributed by atoms with E-state index in [-0.39, 0.29) is 34.9 Å². The number of carbonyl (C=O) groups excluding carboxylic acids is 1. The highest BCUT2D eigenvalue weighted by molar-refractivity contribution is 6.03. The third kappa shape index (κ3) is 3.31. The topological polar surface area (TPSA) is 153 Å². The highest BCUT2D eigenvalue weighted by atomic mass is 16.4. The number of fused-ring (bicyclic) bond motifs is 2. The van der Waals surface area contributed by atoms with Crippen LogP contribution in [0.1, 0.15) is 6.42 Å². The van der Waals surface area contributed by atoms with Crippen LogP contribution in [0.25, 0.3) is 27.5 Å². The van der Waals surface area contributed by atoms with Gasteiger partial charge in [0.15, 0.2) is 0 Å². The van der Waals surface area contributed by atoms with Crippen molar-refractivity contribution < 1.29 is 14.7 Å². The Balaban J connectivity index is 1.63. The first-order valence-electron chi connectivity index (χ1n) is 9.79. The number of nitriles is 1. The van der Waals surface area contributed by atoms with Gasteiger partial charge in [0, 0.05) is 11.6 Å². The van der Waals surface area contributed by atoms with Crippen LogP contribution in [-0.4, -0.2) is 31.6 Å². The summed E-state index contributed by atoms with van der Waals surface area (Å²) in [4.78, 5) is 43.3. The molecule has 4 N–H and O–H groups in total. The zero-order chi connectivity index (χ0) is 22.4. The summed E-state index contributed by atoms with van der Waals surface area (Å²) in [5.41, 5.74) is 1.60. The Labute approximate surface area is 180 Å².